The molecule has 0 unspecified atom stereocenters. The van der Waals surface area contributed by atoms with E-state index in [1.807, 2.05) is 0 Å². The summed E-state index contributed by atoms with van der Waals surface area (Å²) in [5, 5.41) is 11.0. The van der Waals surface area contributed by atoms with Crippen LogP contribution in [-0.2, 0) is 6.42 Å². The largest absolute Gasteiger partial charge is 0.368 e. The van der Waals surface area contributed by atoms with Crippen molar-refractivity contribution < 1.29 is 0 Å². The third-order valence-electron chi connectivity index (χ3n) is 3.45. The summed E-state index contributed by atoms with van der Waals surface area (Å²) in [6.45, 7) is 7.51. The van der Waals surface area contributed by atoms with E-state index in [1.54, 1.807) is 0 Å². The zero-order valence-electron chi connectivity index (χ0n) is 11.2. The van der Waals surface area contributed by atoms with Crippen LogP contribution >= 0.6 is 0 Å². The molecule has 1 aliphatic carbocycles. The van der Waals surface area contributed by atoms with Crippen LogP contribution < -0.4 is 5.32 Å². The maximum absolute atomic E-state index is 4.40. The van der Waals surface area contributed by atoms with Crippen molar-refractivity contribution in [1.82, 2.24) is 10.2 Å². The molecule has 0 spiro atoms. The first-order chi connectivity index (χ1) is 8.65. The monoisotopic (exact) mass is 241 g/mol. The van der Waals surface area contributed by atoms with Crippen molar-refractivity contribution in [3.63, 3.8) is 0 Å². The van der Waals surface area contributed by atoms with Gasteiger partial charge in [0.2, 0.25) is 0 Å². The number of hydrogen-bond donors (Lipinski definition) is 2. The summed E-state index contributed by atoms with van der Waals surface area (Å²) in [6, 6.07) is 6.65. The van der Waals surface area contributed by atoms with Gasteiger partial charge in [0.05, 0.1) is 5.69 Å². The average molecular weight is 241 g/mol. The highest BCUT2D eigenvalue weighted by molar-refractivity contribution is 5.78. The van der Waals surface area contributed by atoms with Crippen molar-refractivity contribution in [3.05, 3.63) is 34.9 Å². The molecular weight excluding hydrogens is 222 g/mol. The molecule has 94 valence electrons. The van der Waals surface area contributed by atoms with Crippen molar-refractivity contribution in [1.29, 1.82) is 0 Å². The zero-order valence-corrected chi connectivity index (χ0v) is 11.2. The second-order valence-electron chi connectivity index (χ2n) is 5.54. The molecule has 0 saturated heterocycles. The minimum Gasteiger partial charge on any atom is -0.368 e. The van der Waals surface area contributed by atoms with Crippen LogP contribution in [0.1, 0.15) is 30.5 Å². The van der Waals surface area contributed by atoms with Crippen LogP contribution in [0.15, 0.2) is 18.2 Å². The Labute approximate surface area is 108 Å². The Bertz CT molecular complexity index is 581. The Morgan fingerprint density at radius 3 is 3.00 bits per heavy atom. The number of aromatic nitrogens is 2. The number of benzene rings is 1. The molecule has 1 aromatic heterocycles. The van der Waals surface area contributed by atoms with E-state index in [0.29, 0.717) is 5.92 Å². The van der Waals surface area contributed by atoms with Gasteiger partial charge in [0.25, 0.3) is 0 Å². The lowest BCUT2D eigenvalue weighted by Gasteiger charge is -2.07. The Morgan fingerprint density at radius 2 is 2.22 bits per heavy atom. The summed E-state index contributed by atoms with van der Waals surface area (Å²) in [4.78, 5) is 0. The predicted molar refractivity (Wildman–Crippen MR) is 74.9 cm³/mol. The van der Waals surface area contributed by atoms with Crippen LogP contribution in [0, 0.1) is 12.8 Å². The molecule has 0 saturated carbocycles. The number of aromatic amines is 1. The van der Waals surface area contributed by atoms with Gasteiger partial charge < -0.3 is 5.32 Å². The van der Waals surface area contributed by atoms with Crippen molar-refractivity contribution in [2.24, 2.45) is 5.92 Å². The van der Waals surface area contributed by atoms with Crippen LogP contribution in [0.25, 0.3) is 11.3 Å². The molecule has 2 aromatic rings. The van der Waals surface area contributed by atoms with Gasteiger partial charge in [-0.25, -0.2) is 0 Å². The minimum absolute atomic E-state index is 0.628. The third kappa shape index (κ3) is 1.80. The maximum Gasteiger partial charge on any atom is 0.151 e. The van der Waals surface area contributed by atoms with E-state index in [4.69, 9.17) is 0 Å². The number of nitrogens with zero attached hydrogens (tertiary/aromatic N) is 1. The van der Waals surface area contributed by atoms with Crippen molar-refractivity contribution in [3.8, 4) is 11.3 Å². The summed E-state index contributed by atoms with van der Waals surface area (Å²) in [6.07, 6.45) is 0.988. The number of fused-ring (bicyclic) bond motifs is 3. The smallest absolute Gasteiger partial charge is 0.151 e. The van der Waals surface area contributed by atoms with E-state index < -0.39 is 0 Å². The fourth-order valence-electron chi connectivity index (χ4n) is 2.47. The molecule has 3 rings (SSSR count). The molecule has 0 amide bonds. The quantitative estimate of drug-likeness (QED) is 0.738. The second-order valence-corrected chi connectivity index (χ2v) is 5.54. The molecule has 0 bridgehead atoms. The zero-order chi connectivity index (χ0) is 12.7. The van der Waals surface area contributed by atoms with Gasteiger partial charge in [-0.1, -0.05) is 31.5 Å². The molecule has 0 atom stereocenters. The van der Waals surface area contributed by atoms with Gasteiger partial charge in [-0.2, -0.15) is 5.10 Å². The van der Waals surface area contributed by atoms with Gasteiger partial charge >= 0.3 is 0 Å². The van der Waals surface area contributed by atoms with E-state index in [1.165, 1.54) is 27.9 Å². The molecule has 2 N–H and O–H groups in total. The normalized spacial score (nSPS) is 12.7. The predicted octanol–water partition coefficient (Wildman–Crippen LogP) is 3.36. The van der Waals surface area contributed by atoms with Crippen LogP contribution in [0.5, 0.6) is 0 Å². The molecule has 1 heterocycles. The second kappa shape index (κ2) is 4.16. The molecule has 3 heteroatoms. The molecule has 0 radical (unpaired) electrons. The lowest BCUT2D eigenvalue weighted by molar-refractivity contribution is 0.686. The number of H-pyrrole nitrogens is 1. The van der Waals surface area contributed by atoms with Gasteiger partial charge in [0.1, 0.15) is 0 Å². The van der Waals surface area contributed by atoms with Gasteiger partial charge in [-0.05, 0) is 24.5 Å². The van der Waals surface area contributed by atoms with E-state index in [0.717, 1.165) is 18.8 Å². The minimum atomic E-state index is 0.628. The van der Waals surface area contributed by atoms with Crippen LogP contribution in [-0.4, -0.2) is 16.7 Å². The van der Waals surface area contributed by atoms with Gasteiger partial charge in [0.15, 0.2) is 5.82 Å². The summed E-state index contributed by atoms with van der Waals surface area (Å²) >= 11 is 0. The molecule has 1 aliphatic rings. The fraction of sp³-hybridized carbons (Fsp3) is 0.400. The molecular formula is C15H19N3. The lowest BCUT2D eigenvalue weighted by Crippen LogP contribution is -2.09. The highest BCUT2D eigenvalue weighted by Crippen LogP contribution is 2.38. The number of aryl methyl sites for hydroxylation is 1. The molecule has 18 heavy (non-hydrogen) atoms. The standard InChI is InChI=1S/C15H19N3/c1-9(2)8-16-15-13-7-11-5-4-10(3)6-12(11)14(13)17-18-15/h4-6,9H,7-8H2,1-3H3,(H2,16,17,18). The SMILES string of the molecule is Cc1ccc2c(c1)-c1[nH]nc(NCC(C)C)c1C2. The Hall–Kier alpha value is -1.77. The van der Waals surface area contributed by atoms with Crippen molar-refractivity contribution in [2.75, 3.05) is 11.9 Å². The highest BCUT2D eigenvalue weighted by Gasteiger charge is 2.24. The van der Waals surface area contributed by atoms with Crippen LogP contribution in [0.3, 0.4) is 0 Å². The van der Waals surface area contributed by atoms with E-state index in [9.17, 15) is 0 Å². The van der Waals surface area contributed by atoms with Gasteiger partial charge in [0, 0.05) is 24.1 Å². The number of nitrogens with one attached hydrogen (secondary N) is 2. The summed E-state index contributed by atoms with van der Waals surface area (Å²) in [7, 11) is 0. The van der Waals surface area contributed by atoms with E-state index >= 15 is 0 Å². The summed E-state index contributed by atoms with van der Waals surface area (Å²) < 4.78 is 0. The summed E-state index contributed by atoms with van der Waals surface area (Å²) in [5.74, 6) is 1.65. The van der Waals surface area contributed by atoms with Gasteiger partial charge in [-0.15, -0.1) is 0 Å². The van der Waals surface area contributed by atoms with Crippen LogP contribution in [0.4, 0.5) is 5.82 Å². The molecule has 1 aromatic carbocycles. The topological polar surface area (TPSA) is 40.7 Å². The van der Waals surface area contributed by atoms with Crippen LogP contribution in [0.2, 0.25) is 0 Å². The fourth-order valence-corrected chi connectivity index (χ4v) is 2.47. The van der Waals surface area contributed by atoms with Crippen molar-refractivity contribution >= 4 is 5.82 Å². The van der Waals surface area contributed by atoms with Gasteiger partial charge in [-0.3, -0.25) is 5.10 Å². The summed E-state index contributed by atoms with van der Waals surface area (Å²) in [5.41, 5.74) is 6.52. The van der Waals surface area contributed by atoms with E-state index in [2.05, 4.69) is 54.5 Å². The first-order valence-corrected chi connectivity index (χ1v) is 6.56. The lowest BCUT2D eigenvalue weighted by atomic mass is 10.1. The third-order valence-corrected chi connectivity index (χ3v) is 3.45. The maximum atomic E-state index is 4.40. The first kappa shape index (κ1) is 11.3. The number of rotatable bonds is 3. The Kier molecular flexibility index (Phi) is 2.62. The molecule has 0 aliphatic heterocycles. The van der Waals surface area contributed by atoms with E-state index in [-0.39, 0.29) is 0 Å². The number of hydrogen-bond acceptors (Lipinski definition) is 2. The first-order valence-electron chi connectivity index (χ1n) is 6.56. The highest BCUT2D eigenvalue weighted by atomic mass is 15.2. The Morgan fingerprint density at radius 1 is 1.39 bits per heavy atom. The molecule has 0 fully saturated rings. The molecule has 3 nitrogen and oxygen atoms in total. The number of anilines is 1. The van der Waals surface area contributed by atoms with Crippen molar-refractivity contribution in [2.45, 2.75) is 27.2 Å². The average Bonchev–Trinajstić information content (AvgIpc) is 2.85. The Balaban J connectivity index is 1.93.